The third-order valence-corrected chi connectivity index (χ3v) is 1.76. The summed E-state index contributed by atoms with van der Waals surface area (Å²) < 4.78 is 0. The normalized spacial score (nSPS) is 10.0. The third-order valence-electron chi connectivity index (χ3n) is 1.76. The molecule has 1 nitrogen and oxygen atoms in total. The van der Waals surface area contributed by atoms with Crippen LogP contribution >= 0.6 is 0 Å². The molecule has 0 atom stereocenters. The van der Waals surface area contributed by atoms with Gasteiger partial charge in [0.25, 0.3) is 0 Å². The molecule has 0 N–H and O–H groups in total. The summed E-state index contributed by atoms with van der Waals surface area (Å²) in [5, 5.41) is 0. The molecule has 0 saturated heterocycles. The van der Waals surface area contributed by atoms with Gasteiger partial charge in [-0.1, -0.05) is 19.4 Å². The number of hydrogen-bond donors (Lipinski definition) is 0. The van der Waals surface area contributed by atoms with Crippen LogP contribution in [0.1, 0.15) is 41.0 Å². The van der Waals surface area contributed by atoms with Crippen LogP contribution in [0.4, 0.5) is 0 Å². The number of allylic oxidation sites excluding steroid dienone is 2. The number of Topliss-reactive ketones (excluding diaryl/α,β-unsaturated/α-hetero) is 1. The van der Waals surface area contributed by atoms with E-state index >= 15 is 0 Å². The van der Waals surface area contributed by atoms with Crippen LogP contribution in [0.25, 0.3) is 0 Å². The van der Waals surface area contributed by atoms with Crippen molar-refractivity contribution in [1.29, 1.82) is 0 Å². The number of carbonyl (C=O) groups excluding carboxylic acids is 1. The molecule has 0 amide bonds. The van der Waals surface area contributed by atoms with E-state index in [1.807, 2.05) is 20.8 Å². The highest BCUT2D eigenvalue weighted by atomic mass is 16.1. The van der Waals surface area contributed by atoms with E-state index in [-0.39, 0.29) is 0 Å². The first-order valence-corrected chi connectivity index (χ1v) is 4.12. The summed E-state index contributed by atoms with van der Waals surface area (Å²) in [6, 6.07) is 0. The topological polar surface area (TPSA) is 17.1 Å². The highest BCUT2D eigenvalue weighted by molar-refractivity contribution is 5.95. The van der Waals surface area contributed by atoms with Crippen molar-refractivity contribution >= 4 is 5.78 Å². The number of ketones is 1. The first kappa shape index (κ1) is 10.4. The molecule has 0 aromatic rings. The van der Waals surface area contributed by atoms with Crippen molar-refractivity contribution in [1.82, 2.24) is 0 Å². The van der Waals surface area contributed by atoms with Crippen LogP contribution in [0.15, 0.2) is 11.1 Å². The maximum Gasteiger partial charge on any atom is 0.158 e. The van der Waals surface area contributed by atoms with Gasteiger partial charge in [-0.25, -0.2) is 0 Å². The maximum atomic E-state index is 11.3. The Hall–Kier alpha value is -0.590. The molecule has 0 aliphatic rings. The Labute approximate surface area is 69.5 Å². The zero-order valence-corrected chi connectivity index (χ0v) is 8.19. The highest BCUT2D eigenvalue weighted by Gasteiger charge is 2.07. The average Bonchev–Trinajstić information content (AvgIpc) is 1.84. The predicted octanol–water partition coefficient (Wildman–Crippen LogP) is 2.96. The smallest absolute Gasteiger partial charge is 0.158 e. The van der Waals surface area contributed by atoms with Gasteiger partial charge in [0.2, 0.25) is 0 Å². The fourth-order valence-corrected chi connectivity index (χ4v) is 0.803. The van der Waals surface area contributed by atoms with Crippen LogP contribution < -0.4 is 0 Å². The first-order valence-electron chi connectivity index (χ1n) is 4.12. The standard InChI is InChI=1S/C10H18O/c1-7(2)6-10(11)9(5)8(3)4/h7H,6H2,1-5H3. The van der Waals surface area contributed by atoms with Gasteiger partial charge in [0, 0.05) is 6.42 Å². The summed E-state index contributed by atoms with van der Waals surface area (Å²) in [4.78, 5) is 11.3. The fraction of sp³-hybridized carbons (Fsp3) is 0.700. The van der Waals surface area contributed by atoms with Gasteiger partial charge in [-0.15, -0.1) is 0 Å². The largest absolute Gasteiger partial charge is 0.295 e. The minimum atomic E-state index is 0.292. The lowest BCUT2D eigenvalue weighted by molar-refractivity contribution is -0.116. The molecule has 0 aliphatic heterocycles. The Balaban J connectivity index is 4.17. The molecule has 0 aromatic carbocycles. The SMILES string of the molecule is CC(C)=C(C)C(=O)CC(C)C. The summed E-state index contributed by atoms with van der Waals surface area (Å²) in [6.07, 6.45) is 0.678. The molecular weight excluding hydrogens is 136 g/mol. The minimum absolute atomic E-state index is 0.292. The lowest BCUT2D eigenvalue weighted by atomic mass is 10.00. The first-order chi connectivity index (χ1) is 4.95. The minimum Gasteiger partial charge on any atom is -0.295 e. The second-order valence-corrected chi connectivity index (χ2v) is 3.65. The Morgan fingerprint density at radius 1 is 1.18 bits per heavy atom. The van der Waals surface area contributed by atoms with Gasteiger partial charge in [0.15, 0.2) is 5.78 Å². The van der Waals surface area contributed by atoms with Gasteiger partial charge >= 0.3 is 0 Å². The fourth-order valence-electron chi connectivity index (χ4n) is 0.803. The molecule has 0 aliphatic carbocycles. The zero-order chi connectivity index (χ0) is 9.02. The molecule has 11 heavy (non-hydrogen) atoms. The Morgan fingerprint density at radius 3 is 1.91 bits per heavy atom. The van der Waals surface area contributed by atoms with Crippen molar-refractivity contribution in [3.05, 3.63) is 11.1 Å². The molecule has 0 saturated carbocycles. The van der Waals surface area contributed by atoms with E-state index in [1.54, 1.807) is 0 Å². The predicted molar refractivity (Wildman–Crippen MR) is 48.5 cm³/mol. The Kier molecular flexibility index (Phi) is 4.09. The second kappa shape index (κ2) is 4.32. The van der Waals surface area contributed by atoms with Crippen molar-refractivity contribution in [3.63, 3.8) is 0 Å². The van der Waals surface area contributed by atoms with Crippen molar-refractivity contribution in [2.45, 2.75) is 41.0 Å². The zero-order valence-electron chi connectivity index (χ0n) is 8.19. The second-order valence-electron chi connectivity index (χ2n) is 3.65. The van der Waals surface area contributed by atoms with Crippen molar-refractivity contribution in [3.8, 4) is 0 Å². The Bertz CT molecular complexity index is 171. The lowest BCUT2D eigenvalue weighted by Gasteiger charge is -2.04. The van der Waals surface area contributed by atoms with E-state index < -0.39 is 0 Å². The van der Waals surface area contributed by atoms with Crippen molar-refractivity contribution in [2.24, 2.45) is 5.92 Å². The van der Waals surface area contributed by atoms with Gasteiger partial charge in [-0.05, 0) is 32.3 Å². The highest BCUT2D eigenvalue weighted by Crippen LogP contribution is 2.10. The molecule has 1 heteroatoms. The molecule has 0 bridgehead atoms. The van der Waals surface area contributed by atoms with Gasteiger partial charge in [0.05, 0.1) is 0 Å². The molecule has 0 rings (SSSR count). The number of hydrogen-bond acceptors (Lipinski definition) is 1. The quantitative estimate of drug-likeness (QED) is 0.571. The van der Waals surface area contributed by atoms with Crippen LogP contribution in [0.3, 0.4) is 0 Å². The molecular formula is C10H18O. The summed E-state index contributed by atoms with van der Waals surface area (Å²) in [7, 11) is 0. The Morgan fingerprint density at radius 2 is 1.64 bits per heavy atom. The van der Waals surface area contributed by atoms with Gasteiger partial charge < -0.3 is 0 Å². The van der Waals surface area contributed by atoms with Crippen LogP contribution in [0.2, 0.25) is 0 Å². The van der Waals surface area contributed by atoms with Crippen LogP contribution in [0, 0.1) is 5.92 Å². The van der Waals surface area contributed by atoms with Crippen molar-refractivity contribution in [2.75, 3.05) is 0 Å². The molecule has 0 aromatic heterocycles. The summed E-state index contributed by atoms with van der Waals surface area (Å²) in [5.41, 5.74) is 2.06. The van der Waals surface area contributed by atoms with Crippen LogP contribution in [-0.2, 0) is 4.79 Å². The van der Waals surface area contributed by atoms with E-state index in [9.17, 15) is 4.79 Å². The van der Waals surface area contributed by atoms with Crippen molar-refractivity contribution < 1.29 is 4.79 Å². The monoisotopic (exact) mass is 154 g/mol. The van der Waals surface area contributed by atoms with E-state index in [1.165, 1.54) is 0 Å². The number of rotatable bonds is 3. The van der Waals surface area contributed by atoms with Crippen LogP contribution in [-0.4, -0.2) is 5.78 Å². The summed E-state index contributed by atoms with van der Waals surface area (Å²) in [6.45, 7) is 9.99. The van der Waals surface area contributed by atoms with Gasteiger partial charge in [-0.3, -0.25) is 4.79 Å². The lowest BCUT2D eigenvalue weighted by Crippen LogP contribution is -2.04. The summed E-state index contributed by atoms with van der Waals surface area (Å²) in [5.74, 6) is 0.761. The van der Waals surface area contributed by atoms with Gasteiger partial charge in [-0.2, -0.15) is 0 Å². The summed E-state index contributed by atoms with van der Waals surface area (Å²) >= 11 is 0. The molecule has 0 fully saturated rings. The maximum absolute atomic E-state index is 11.3. The molecule has 0 heterocycles. The van der Waals surface area contributed by atoms with Crippen LogP contribution in [0.5, 0.6) is 0 Å². The molecule has 0 spiro atoms. The average molecular weight is 154 g/mol. The molecule has 0 radical (unpaired) electrons. The van der Waals surface area contributed by atoms with E-state index in [4.69, 9.17) is 0 Å². The van der Waals surface area contributed by atoms with E-state index in [0.29, 0.717) is 18.1 Å². The number of carbonyl (C=O) groups is 1. The molecule has 64 valence electrons. The van der Waals surface area contributed by atoms with Gasteiger partial charge in [0.1, 0.15) is 0 Å². The third kappa shape index (κ3) is 3.97. The molecule has 0 unspecified atom stereocenters. The van der Waals surface area contributed by atoms with E-state index in [0.717, 1.165) is 11.1 Å². The van der Waals surface area contributed by atoms with E-state index in [2.05, 4.69) is 13.8 Å².